The highest BCUT2D eigenvalue weighted by Gasteiger charge is 2.43. The van der Waals surface area contributed by atoms with E-state index in [0.29, 0.717) is 5.54 Å². The van der Waals surface area contributed by atoms with E-state index in [2.05, 4.69) is 56.7 Å². The standard InChI is InChI=1S/C21H31N5/c1-3-12-26-18(2)19(16-23-26)17-25-13-6-8-21(25)9-14-24(15-10-21)20-7-4-5-11-22-20/h4-5,7,11,16H,3,6,8-10,12-15,17H2,1-2H3. The Hall–Kier alpha value is -1.88. The van der Waals surface area contributed by atoms with E-state index in [1.807, 2.05) is 12.3 Å². The lowest BCUT2D eigenvalue weighted by atomic mass is 9.84. The van der Waals surface area contributed by atoms with Crippen LogP contribution in [0.5, 0.6) is 0 Å². The molecule has 0 bridgehead atoms. The summed E-state index contributed by atoms with van der Waals surface area (Å²) in [5.41, 5.74) is 3.14. The summed E-state index contributed by atoms with van der Waals surface area (Å²) in [5, 5.41) is 4.61. The van der Waals surface area contributed by atoms with Crippen LogP contribution in [0.2, 0.25) is 0 Å². The Kier molecular flexibility index (Phi) is 4.98. The fourth-order valence-corrected chi connectivity index (χ4v) is 4.78. The predicted molar refractivity (Wildman–Crippen MR) is 105 cm³/mol. The van der Waals surface area contributed by atoms with Crippen LogP contribution in [0, 0.1) is 6.92 Å². The molecule has 0 radical (unpaired) electrons. The van der Waals surface area contributed by atoms with Gasteiger partial charge in [0.25, 0.3) is 0 Å². The number of aromatic nitrogens is 3. The molecule has 2 aliphatic heterocycles. The number of likely N-dealkylation sites (tertiary alicyclic amines) is 1. The van der Waals surface area contributed by atoms with Crippen LogP contribution in [0.4, 0.5) is 5.82 Å². The molecular formula is C21H31N5. The number of hydrogen-bond donors (Lipinski definition) is 0. The topological polar surface area (TPSA) is 37.2 Å². The van der Waals surface area contributed by atoms with Crippen LogP contribution < -0.4 is 4.90 Å². The summed E-state index contributed by atoms with van der Waals surface area (Å²) in [7, 11) is 0. The van der Waals surface area contributed by atoms with Crippen molar-refractivity contribution in [3.63, 3.8) is 0 Å². The maximum absolute atomic E-state index is 4.61. The second-order valence-electron chi connectivity index (χ2n) is 7.90. The van der Waals surface area contributed by atoms with Gasteiger partial charge in [-0.15, -0.1) is 0 Å². The lowest BCUT2D eigenvalue weighted by molar-refractivity contribution is 0.0994. The summed E-state index contributed by atoms with van der Waals surface area (Å²) in [6.45, 7) is 9.97. The zero-order valence-electron chi connectivity index (χ0n) is 16.2. The van der Waals surface area contributed by atoms with E-state index < -0.39 is 0 Å². The second kappa shape index (κ2) is 7.39. The summed E-state index contributed by atoms with van der Waals surface area (Å²) >= 11 is 0. The zero-order chi connectivity index (χ0) is 18.0. The Balaban J connectivity index is 1.44. The summed E-state index contributed by atoms with van der Waals surface area (Å²) in [6, 6.07) is 6.22. The van der Waals surface area contributed by atoms with Crippen LogP contribution in [0.3, 0.4) is 0 Å². The van der Waals surface area contributed by atoms with Gasteiger partial charge >= 0.3 is 0 Å². The molecule has 0 N–H and O–H groups in total. The first-order valence-corrected chi connectivity index (χ1v) is 10.1. The predicted octanol–water partition coefficient (Wildman–Crippen LogP) is 3.63. The summed E-state index contributed by atoms with van der Waals surface area (Å²) < 4.78 is 2.17. The molecule has 2 fully saturated rings. The van der Waals surface area contributed by atoms with Crippen molar-refractivity contribution >= 4 is 5.82 Å². The van der Waals surface area contributed by atoms with Crippen LogP contribution in [0.25, 0.3) is 0 Å². The van der Waals surface area contributed by atoms with Gasteiger partial charge in [0.2, 0.25) is 0 Å². The zero-order valence-corrected chi connectivity index (χ0v) is 16.2. The van der Waals surface area contributed by atoms with E-state index in [1.54, 1.807) is 0 Å². The molecule has 0 unspecified atom stereocenters. The van der Waals surface area contributed by atoms with Crippen LogP contribution in [0.1, 0.15) is 50.3 Å². The van der Waals surface area contributed by atoms with E-state index >= 15 is 0 Å². The van der Waals surface area contributed by atoms with Crippen molar-refractivity contribution in [2.75, 3.05) is 24.5 Å². The van der Waals surface area contributed by atoms with Crippen molar-refractivity contribution in [1.82, 2.24) is 19.7 Å². The van der Waals surface area contributed by atoms with Crippen molar-refractivity contribution in [2.24, 2.45) is 0 Å². The molecule has 140 valence electrons. The van der Waals surface area contributed by atoms with Gasteiger partial charge in [0.1, 0.15) is 5.82 Å². The van der Waals surface area contributed by atoms with Crippen LogP contribution in [-0.2, 0) is 13.1 Å². The Morgan fingerprint density at radius 2 is 1.96 bits per heavy atom. The van der Waals surface area contributed by atoms with Crippen molar-refractivity contribution in [1.29, 1.82) is 0 Å². The minimum Gasteiger partial charge on any atom is -0.356 e. The highest BCUT2D eigenvalue weighted by molar-refractivity contribution is 5.38. The van der Waals surface area contributed by atoms with Crippen LogP contribution in [0.15, 0.2) is 30.6 Å². The van der Waals surface area contributed by atoms with Gasteiger partial charge in [-0.3, -0.25) is 9.58 Å². The third-order valence-corrected chi connectivity index (χ3v) is 6.41. The number of anilines is 1. The van der Waals surface area contributed by atoms with Gasteiger partial charge in [-0.1, -0.05) is 13.0 Å². The number of nitrogens with zero attached hydrogens (tertiary/aromatic N) is 5. The van der Waals surface area contributed by atoms with Gasteiger partial charge < -0.3 is 4.90 Å². The van der Waals surface area contributed by atoms with E-state index in [-0.39, 0.29) is 0 Å². The molecular weight excluding hydrogens is 322 g/mol. The molecule has 2 aliphatic rings. The first-order valence-electron chi connectivity index (χ1n) is 10.1. The number of piperidine rings is 1. The molecule has 2 saturated heterocycles. The second-order valence-corrected chi connectivity index (χ2v) is 7.90. The molecule has 5 nitrogen and oxygen atoms in total. The summed E-state index contributed by atoms with van der Waals surface area (Å²) in [6.07, 6.45) is 10.3. The quantitative estimate of drug-likeness (QED) is 0.822. The van der Waals surface area contributed by atoms with Gasteiger partial charge in [0, 0.05) is 49.2 Å². The Morgan fingerprint density at radius 1 is 1.12 bits per heavy atom. The lowest BCUT2D eigenvalue weighted by Gasteiger charge is -2.45. The van der Waals surface area contributed by atoms with Crippen LogP contribution >= 0.6 is 0 Å². The van der Waals surface area contributed by atoms with E-state index in [1.165, 1.54) is 43.5 Å². The minimum atomic E-state index is 0.380. The van der Waals surface area contributed by atoms with Crippen molar-refractivity contribution in [3.05, 3.63) is 41.9 Å². The fourth-order valence-electron chi connectivity index (χ4n) is 4.78. The Morgan fingerprint density at radius 3 is 2.69 bits per heavy atom. The molecule has 1 spiro atoms. The Labute approximate surface area is 157 Å². The number of pyridine rings is 1. The number of hydrogen-bond acceptors (Lipinski definition) is 4. The molecule has 0 amide bonds. The largest absolute Gasteiger partial charge is 0.356 e. The Bertz CT molecular complexity index is 715. The van der Waals surface area contributed by atoms with E-state index in [9.17, 15) is 0 Å². The number of aryl methyl sites for hydroxylation is 1. The first kappa shape index (κ1) is 17.5. The van der Waals surface area contributed by atoms with Gasteiger partial charge in [-0.25, -0.2) is 4.98 Å². The molecule has 4 heterocycles. The molecule has 5 heteroatoms. The molecule has 0 aliphatic carbocycles. The average Bonchev–Trinajstić information content (AvgIpc) is 3.22. The van der Waals surface area contributed by atoms with Gasteiger partial charge in [0.15, 0.2) is 0 Å². The van der Waals surface area contributed by atoms with E-state index in [4.69, 9.17) is 0 Å². The highest BCUT2D eigenvalue weighted by Crippen LogP contribution is 2.40. The molecule has 0 saturated carbocycles. The molecule has 26 heavy (non-hydrogen) atoms. The van der Waals surface area contributed by atoms with Crippen molar-refractivity contribution in [2.45, 2.75) is 64.6 Å². The smallest absolute Gasteiger partial charge is 0.128 e. The summed E-state index contributed by atoms with van der Waals surface area (Å²) in [4.78, 5) is 9.74. The normalized spacial score (nSPS) is 20.2. The lowest BCUT2D eigenvalue weighted by Crippen LogP contribution is -2.52. The fraction of sp³-hybridized carbons (Fsp3) is 0.619. The number of rotatable bonds is 5. The SMILES string of the molecule is CCCn1ncc(CN2CCCC23CCN(c2ccccn2)CC3)c1C. The third-order valence-electron chi connectivity index (χ3n) is 6.41. The molecule has 2 aromatic heterocycles. The van der Waals surface area contributed by atoms with Crippen molar-refractivity contribution < 1.29 is 0 Å². The molecule has 2 aromatic rings. The average molecular weight is 354 g/mol. The van der Waals surface area contributed by atoms with Crippen LogP contribution in [-0.4, -0.2) is 44.8 Å². The molecule has 0 aromatic carbocycles. The monoisotopic (exact) mass is 353 g/mol. The van der Waals surface area contributed by atoms with E-state index in [0.717, 1.165) is 38.4 Å². The van der Waals surface area contributed by atoms with Gasteiger partial charge in [-0.05, 0) is 57.7 Å². The molecule has 4 rings (SSSR count). The third kappa shape index (κ3) is 3.25. The van der Waals surface area contributed by atoms with Gasteiger partial charge in [-0.2, -0.15) is 5.10 Å². The summed E-state index contributed by atoms with van der Waals surface area (Å²) in [5.74, 6) is 1.13. The minimum absolute atomic E-state index is 0.380. The first-order chi connectivity index (χ1) is 12.7. The maximum Gasteiger partial charge on any atom is 0.128 e. The van der Waals surface area contributed by atoms with Gasteiger partial charge in [0.05, 0.1) is 6.20 Å². The maximum atomic E-state index is 4.61. The molecule has 0 atom stereocenters. The highest BCUT2D eigenvalue weighted by atomic mass is 15.3. The van der Waals surface area contributed by atoms with Crippen molar-refractivity contribution in [3.8, 4) is 0 Å².